The zero-order chi connectivity index (χ0) is 11.0. The number of nitrogens with two attached hydrogens (primary N) is 1. The molecule has 0 spiro atoms. The quantitative estimate of drug-likeness (QED) is 0.725. The predicted molar refractivity (Wildman–Crippen MR) is 72.2 cm³/mol. The van der Waals surface area contributed by atoms with Crippen LogP contribution in [0.25, 0.3) is 10.1 Å². The van der Waals surface area contributed by atoms with Crippen molar-refractivity contribution in [2.75, 3.05) is 0 Å². The van der Waals surface area contributed by atoms with Crippen molar-refractivity contribution in [3.8, 4) is 0 Å². The molecule has 0 saturated heterocycles. The highest BCUT2D eigenvalue weighted by Gasteiger charge is 2.13. The Morgan fingerprint density at radius 3 is 2.69 bits per heavy atom. The molecule has 3 aromatic rings. The molecule has 0 amide bonds. The maximum absolute atomic E-state index is 6.30. The molecule has 3 rings (SSSR count). The first-order chi connectivity index (χ1) is 7.86. The van der Waals surface area contributed by atoms with Crippen molar-refractivity contribution in [1.29, 1.82) is 0 Å². The van der Waals surface area contributed by atoms with E-state index in [1.807, 2.05) is 0 Å². The molecule has 1 atom stereocenters. The first-order valence-electron chi connectivity index (χ1n) is 5.11. The molecule has 80 valence electrons. The predicted octanol–water partition coefficient (Wildman–Crippen LogP) is 4.01. The highest BCUT2D eigenvalue weighted by atomic mass is 32.1. The Kier molecular flexibility index (Phi) is 2.52. The van der Waals surface area contributed by atoms with Crippen molar-refractivity contribution in [2.24, 2.45) is 5.73 Å². The van der Waals surface area contributed by atoms with E-state index in [1.54, 1.807) is 22.7 Å². The second-order valence-electron chi connectivity index (χ2n) is 3.68. The van der Waals surface area contributed by atoms with Gasteiger partial charge in [-0.2, -0.15) is 0 Å². The Balaban J connectivity index is 2.15. The molecule has 1 aromatic carbocycles. The molecule has 0 aliphatic heterocycles. The minimum atomic E-state index is 0.00218. The third-order valence-corrected chi connectivity index (χ3v) is 4.63. The van der Waals surface area contributed by atoms with Gasteiger partial charge in [0.1, 0.15) is 0 Å². The largest absolute Gasteiger partial charge is 0.320 e. The van der Waals surface area contributed by atoms with E-state index >= 15 is 0 Å². The molecule has 0 aliphatic rings. The number of rotatable bonds is 2. The Bertz CT molecular complexity index is 595. The molecule has 0 bridgehead atoms. The van der Waals surface area contributed by atoms with Gasteiger partial charge in [-0.3, -0.25) is 0 Å². The van der Waals surface area contributed by atoms with Crippen LogP contribution in [0, 0.1) is 0 Å². The summed E-state index contributed by atoms with van der Waals surface area (Å²) in [6.07, 6.45) is 0. The second kappa shape index (κ2) is 4.01. The first kappa shape index (κ1) is 10.0. The van der Waals surface area contributed by atoms with Crippen LogP contribution >= 0.6 is 22.7 Å². The van der Waals surface area contributed by atoms with E-state index in [2.05, 4.69) is 47.2 Å². The topological polar surface area (TPSA) is 26.0 Å². The summed E-state index contributed by atoms with van der Waals surface area (Å²) in [7, 11) is 0. The molecule has 16 heavy (non-hydrogen) atoms. The van der Waals surface area contributed by atoms with Gasteiger partial charge in [-0.15, -0.1) is 22.7 Å². The molecule has 0 fully saturated rings. The lowest BCUT2D eigenvalue weighted by Gasteiger charge is -2.10. The average molecular weight is 245 g/mol. The zero-order valence-corrected chi connectivity index (χ0v) is 10.2. The maximum atomic E-state index is 6.30. The molecule has 0 radical (unpaired) electrons. The fourth-order valence-electron chi connectivity index (χ4n) is 1.88. The maximum Gasteiger partial charge on any atom is 0.0660 e. The standard InChI is InChI=1S/C13H11NS2/c14-12(11-5-2-7-15-11)10-4-1-3-9-6-8-16-13(9)10/h1-8,12H,14H2. The van der Waals surface area contributed by atoms with Crippen molar-refractivity contribution < 1.29 is 0 Å². The molecule has 2 aromatic heterocycles. The summed E-state index contributed by atoms with van der Waals surface area (Å²) < 4.78 is 1.31. The summed E-state index contributed by atoms with van der Waals surface area (Å²) in [6, 6.07) is 12.6. The Labute approximate surface area is 102 Å². The molecule has 3 heteroatoms. The highest BCUT2D eigenvalue weighted by molar-refractivity contribution is 7.17. The van der Waals surface area contributed by atoms with Gasteiger partial charge in [0.05, 0.1) is 6.04 Å². The molecule has 0 aliphatic carbocycles. The second-order valence-corrected chi connectivity index (χ2v) is 5.57. The van der Waals surface area contributed by atoms with E-state index in [-0.39, 0.29) is 6.04 Å². The van der Waals surface area contributed by atoms with Gasteiger partial charge < -0.3 is 5.73 Å². The number of benzene rings is 1. The smallest absolute Gasteiger partial charge is 0.0660 e. The van der Waals surface area contributed by atoms with Gasteiger partial charge >= 0.3 is 0 Å². The van der Waals surface area contributed by atoms with Gasteiger partial charge in [0.25, 0.3) is 0 Å². The molecule has 2 N–H and O–H groups in total. The van der Waals surface area contributed by atoms with E-state index in [9.17, 15) is 0 Å². The minimum Gasteiger partial charge on any atom is -0.320 e. The number of thiophene rings is 2. The minimum absolute atomic E-state index is 0.00218. The van der Waals surface area contributed by atoms with Crippen molar-refractivity contribution in [3.63, 3.8) is 0 Å². The molecular formula is C13H11NS2. The van der Waals surface area contributed by atoms with Crippen LogP contribution in [0.3, 0.4) is 0 Å². The SMILES string of the molecule is NC(c1cccs1)c1cccc2ccsc12. The van der Waals surface area contributed by atoms with Crippen LogP contribution in [0.5, 0.6) is 0 Å². The van der Waals surface area contributed by atoms with Crippen LogP contribution in [0.2, 0.25) is 0 Å². The van der Waals surface area contributed by atoms with Crippen LogP contribution in [-0.4, -0.2) is 0 Å². The van der Waals surface area contributed by atoms with Crippen molar-refractivity contribution >= 4 is 32.8 Å². The van der Waals surface area contributed by atoms with Gasteiger partial charge in [-0.1, -0.05) is 24.3 Å². The Morgan fingerprint density at radius 2 is 1.88 bits per heavy atom. The van der Waals surface area contributed by atoms with Gasteiger partial charge in [-0.25, -0.2) is 0 Å². The fourth-order valence-corrected chi connectivity index (χ4v) is 3.58. The van der Waals surface area contributed by atoms with E-state index in [1.165, 1.54) is 20.5 Å². The van der Waals surface area contributed by atoms with Crippen LogP contribution in [-0.2, 0) is 0 Å². The summed E-state index contributed by atoms with van der Waals surface area (Å²) in [4.78, 5) is 1.22. The van der Waals surface area contributed by atoms with E-state index in [0.29, 0.717) is 0 Å². The summed E-state index contributed by atoms with van der Waals surface area (Å²) >= 11 is 3.48. The lowest BCUT2D eigenvalue weighted by Crippen LogP contribution is -2.09. The van der Waals surface area contributed by atoms with Crippen LogP contribution < -0.4 is 5.73 Å². The van der Waals surface area contributed by atoms with Gasteiger partial charge in [0.2, 0.25) is 0 Å². The molecule has 2 heterocycles. The molecule has 0 saturated carbocycles. The molecule has 1 unspecified atom stereocenters. The van der Waals surface area contributed by atoms with Crippen molar-refractivity contribution in [3.05, 3.63) is 57.6 Å². The summed E-state index contributed by atoms with van der Waals surface area (Å²) in [6.45, 7) is 0. The normalized spacial score (nSPS) is 13.1. The van der Waals surface area contributed by atoms with Crippen LogP contribution in [0.4, 0.5) is 0 Å². The number of hydrogen-bond acceptors (Lipinski definition) is 3. The lowest BCUT2D eigenvalue weighted by molar-refractivity contribution is 0.905. The van der Waals surface area contributed by atoms with Crippen molar-refractivity contribution in [1.82, 2.24) is 0 Å². The van der Waals surface area contributed by atoms with Crippen molar-refractivity contribution in [2.45, 2.75) is 6.04 Å². The van der Waals surface area contributed by atoms with Crippen LogP contribution in [0.1, 0.15) is 16.5 Å². The van der Waals surface area contributed by atoms with Gasteiger partial charge in [0.15, 0.2) is 0 Å². The Morgan fingerprint density at radius 1 is 0.938 bits per heavy atom. The van der Waals surface area contributed by atoms with Gasteiger partial charge in [0, 0.05) is 9.58 Å². The van der Waals surface area contributed by atoms with E-state index in [4.69, 9.17) is 5.73 Å². The molecular weight excluding hydrogens is 234 g/mol. The van der Waals surface area contributed by atoms with E-state index in [0.717, 1.165) is 0 Å². The summed E-state index contributed by atoms with van der Waals surface area (Å²) in [5.74, 6) is 0. The van der Waals surface area contributed by atoms with Gasteiger partial charge in [-0.05, 0) is 33.8 Å². The zero-order valence-electron chi connectivity index (χ0n) is 8.59. The third kappa shape index (κ3) is 1.57. The summed E-state index contributed by atoms with van der Waals surface area (Å²) in [5.41, 5.74) is 7.53. The highest BCUT2D eigenvalue weighted by Crippen LogP contribution is 2.32. The molecule has 1 nitrogen and oxygen atoms in total. The average Bonchev–Trinajstić information content (AvgIpc) is 2.98. The third-order valence-electron chi connectivity index (χ3n) is 2.69. The van der Waals surface area contributed by atoms with E-state index < -0.39 is 0 Å². The number of fused-ring (bicyclic) bond motifs is 1. The summed E-state index contributed by atoms with van der Waals surface area (Å²) in [5, 5.41) is 5.48. The Hall–Kier alpha value is -1.16. The monoisotopic (exact) mass is 245 g/mol. The lowest BCUT2D eigenvalue weighted by atomic mass is 10.0. The van der Waals surface area contributed by atoms with Crippen LogP contribution in [0.15, 0.2) is 47.2 Å². The number of hydrogen-bond donors (Lipinski definition) is 1. The first-order valence-corrected chi connectivity index (χ1v) is 6.87. The fraction of sp³-hybridized carbons (Fsp3) is 0.0769.